The van der Waals surface area contributed by atoms with Gasteiger partial charge in [0.1, 0.15) is 0 Å². The van der Waals surface area contributed by atoms with E-state index in [1.807, 2.05) is 11.7 Å². The second-order valence-electron chi connectivity index (χ2n) is 4.86. The number of aryl methyl sites for hydroxylation is 3. The Balaban J connectivity index is 2.00. The van der Waals surface area contributed by atoms with E-state index in [4.69, 9.17) is 5.73 Å². The number of aromatic nitrogens is 2. The van der Waals surface area contributed by atoms with Crippen molar-refractivity contribution >= 4 is 15.9 Å². The summed E-state index contributed by atoms with van der Waals surface area (Å²) in [7, 11) is 1.92. The van der Waals surface area contributed by atoms with E-state index in [9.17, 15) is 0 Å². The second kappa shape index (κ2) is 4.52. The summed E-state index contributed by atoms with van der Waals surface area (Å²) >= 11 is 3.51. The predicted octanol–water partition coefficient (Wildman–Crippen LogP) is 2.72. The SMILES string of the molecule is Cn1ncc(Br)c1C(N)c1ccc2c(c1)CCC2. The molecule has 1 aromatic heterocycles. The van der Waals surface area contributed by atoms with Gasteiger partial charge in [-0.1, -0.05) is 18.2 Å². The molecule has 94 valence electrons. The van der Waals surface area contributed by atoms with Crippen LogP contribution in [0, 0.1) is 0 Å². The fraction of sp³-hybridized carbons (Fsp3) is 0.357. The van der Waals surface area contributed by atoms with Gasteiger partial charge in [0.2, 0.25) is 0 Å². The molecule has 0 saturated carbocycles. The van der Waals surface area contributed by atoms with Crippen LogP contribution in [0.15, 0.2) is 28.9 Å². The predicted molar refractivity (Wildman–Crippen MR) is 75.4 cm³/mol. The number of nitrogens with zero attached hydrogens (tertiary/aromatic N) is 2. The Kier molecular flexibility index (Phi) is 2.99. The largest absolute Gasteiger partial charge is 0.319 e. The number of nitrogens with two attached hydrogens (primary N) is 1. The molecule has 3 nitrogen and oxygen atoms in total. The highest BCUT2D eigenvalue weighted by molar-refractivity contribution is 9.10. The molecule has 1 aliphatic carbocycles. The van der Waals surface area contributed by atoms with Crippen molar-refractivity contribution in [1.29, 1.82) is 0 Å². The standard InChI is InChI=1S/C14H16BrN3/c1-18-14(12(15)8-17-18)13(16)11-6-5-9-3-2-4-10(9)7-11/h5-8,13H,2-4,16H2,1H3. The minimum atomic E-state index is -0.127. The third-order valence-electron chi connectivity index (χ3n) is 3.71. The number of halogens is 1. The van der Waals surface area contributed by atoms with Crippen LogP contribution in [0.2, 0.25) is 0 Å². The van der Waals surface area contributed by atoms with Crippen LogP contribution in [0.5, 0.6) is 0 Å². The highest BCUT2D eigenvalue weighted by Gasteiger charge is 2.19. The molecule has 0 saturated heterocycles. The smallest absolute Gasteiger partial charge is 0.0735 e. The maximum Gasteiger partial charge on any atom is 0.0735 e. The first-order valence-corrected chi connectivity index (χ1v) is 7.01. The minimum absolute atomic E-state index is 0.127. The van der Waals surface area contributed by atoms with Gasteiger partial charge < -0.3 is 5.73 Å². The fourth-order valence-electron chi connectivity index (χ4n) is 2.71. The van der Waals surface area contributed by atoms with Crippen molar-refractivity contribution in [3.8, 4) is 0 Å². The zero-order valence-electron chi connectivity index (χ0n) is 10.4. The highest BCUT2D eigenvalue weighted by Crippen LogP contribution is 2.29. The van der Waals surface area contributed by atoms with Gasteiger partial charge in [0, 0.05) is 7.05 Å². The number of benzene rings is 1. The van der Waals surface area contributed by atoms with Gasteiger partial charge in [-0.2, -0.15) is 5.10 Å². The van der Waals surface area contributed by atoms with Crippen LogP contribution in [0.1, 0.15) is 34.8 Å². The first-order valence-electron chi connectivity index (χ1n) is 6.21. The van der Waals surface area contributed by atoms with Crippen molar-refractivity contribution in [2.24, 2.45) is 12.8 Å². The molecule has 0 amide bonds. The maximum atomic E-state index is 6.37. The third kappa shape index (κ3) is 1.89. The Morgan fingerprint density at radius 1 is 1.33 bits per heavy atom. The molecule has 1 heterocycles. The molecule has 2 aromatic rings. The van der Waals surface area contributed by atoms with Crippen molar-refractivity contribution in [3.63, 3.8) is 0 Å². The summed E-state index contributed by atoms with van der Waals surface area (Å²) in [5.74, 6) is 0. The molecular weight excluding hydrogens is 290 g/mol. The van der Waals surface area contributed by atoms with E-state index in [2.05, 4.69) is 39.2 Å². The monoisotopic (exact) mass is 305 g/mol. The Labute approximate surface area is 115 Å². The summed E-state index contributed by atoms with van der Waals surface area (Å²) in [6.07, 6.45) is 5.45. The molecule has 1 aromatic carbocycles. The van der Waals surface area contributed by atoms with E-state index in [-0.39, 0.29) is 6.04 Å². The van der Waals surface area contributed by atoms with Crippen molar-refractivity contribution in [2.75, 3.05) is 0 Å². The van der Waals surface area contributed by atoms with Crippen molar-refractivity contribution in [3.05, 3.63) is 51.3 Å². The average molecular weight is 306 g/mol. The van der Waals surface area contributed by atoms with Gasteiger partial charge in [-0.25, -0.2) is 0 Å². The lowest BCUT2D eigenvalue weighted by Crippen LogP contribution is -2.16. The van der Waals surface area contributed by atoms with Crippen LogP contribution in [-0.4, -0.2) is 9.78 Å². The van der Waals surface area contributed by atoms with E-state index in [1.54, 1.807) is 6.20 Å². The van der Waals surface area contributed by atoms with E-state index < -0.39 is 0 Å². The lowest BCUT2D eigenvalue weighted by molar-refractivity contribution is 0.671. The van der Waals surface area contributed by atoms with E-state index in [0.717, 1.165) is 10.2 Å². The number of rotatable bonds is 2. The van der Waals surface area contributed by atoms with Crippen molar-refractivity contribution in [2.45, 2.75) is 25.3 Å². The molecule has 0 spiro atoms. The van der Waals surface area contributed by atoms with Gasteiger partial charge in [0.05, 0.1) is 22.4 Å². The van der Waals surface area contributed by atoms with Crippen LogP contribution < -0.4 is 5.73 Å². The van der Waals surface area contributed by atoms with Crippen LogP contribution in [-0.2, 0) is 19.9 Å². The Morgan fingerprint density at radius 2 is 2.11 bits per heavy atom. The van der Waals surface area contributed by atoms with E-state index in [0.29, 0.717) is 0 Å². The Morgan fingerprint density at radius 3 is 2.83 bits per heavy atom. The van der Waals surface area contributed by atoms with Crippen molar-refractivity contribution in [1.82, 2.24) is 9.78 Å². The average Bonchev–Trinajstić information content (AvgIpc) is 2.94. The molecule has 0 bridgehead atoms. The molecule has 1 unspecified atom stereocenters. The Bertz CT molecular complexity index is 569. The van der Waals surface area contributed by atoms with Crippen molar-refractivity contribution < 1.29 is 0 Å². The normalized spacial score (nSPS) is 15.7. The number of fused-ring (bicyclic) bond motifs is 1. The molecule has 0 aliphatic heterocycles. The summed E-state index contributed by atoms with van der Waals surface area (Å²) in [5, 5.41) is 4.23. The molecule has 0 radical (unpaired) electrons. The van der Waals surface area contributed by atoms with Gasteiger partial charge in [0.15, 0.2) is 0 Å². The first-order chi connectivity index (χ1) is 8.66. The zero-order chi connectivity index (χ0) is 12.7. The second-order valence-corrected chi connectivity index (χ2v) is 5.72. The van der Waals surface area contributed by atoms with Gasteiger partial charge >= 0.3 is 0 Å². The van der Waals surface area contributed by atoms with E-state index in [1.165, 1.54) is 36.0 Å². The molecule has 4 heteroatoms. The molecular formula is C14H16BrN3. The molecule has 2 N–H and O–H groups in total. The summed E-state index contributed by atoms with van der Waals surface area (Å²) in [5.41, 5.74) is 11.5. The summed E-state index contributed by atoms with van der Waals surface area (Å²) in [6, 6.07) is 6.50. The lowest BCUT2D eigenvalue weighted by Gasteiger charge is -2.14. The molecule has 0 fully saturated rings. The zero-order valence-corrected chi connectivity index (χ0v) is 11.9. The quantitative estimate of drug-likeness (QED) is 0.927. The molecule has 18 heavy (non-hydrogen) atoms. The highest BCUT2D eigenvalue weighted by atomic mass is 79.9. The van der Waals surface area contributed by atoms with Crippen LogP contribution in [0.3, 0.4) is 0 Å². The number of hydrogen-bond donors (Lipinski definition) is 1. The molecule has 1 aliphatic rings. The summed E-state index contributed by atoms with van der Waals surface area (Å²) in [6.45, 7) is 0. The molecule has 3 rings (SSSR count). The van der Waals surface area contributed by atoms with Gasteiger partial charge in [-0.3, -0.25) is 4.68 Å². The van der Waals surface area contributed by atoms with Gasteiger partial charge in [-0.05, 0) is 51.9 Å². The summed E-state index contributed by atoms with van der Waals surface area (Å²) < 4.78 is 2.81. The lowest BCUT2D eigenvalue weighted by atomic mass is 9.99. The fourth-order valence-corrected chi connectivity index (χ4v) is 3.31. The Hall–Kier alpha value is -1.13. The maximum absolute atomic E-state index is 6.37. The topological polar surface area (TPSA) is 43.8 Å². The van der Waals surface area contributed by atoms with E-state index >= 15 is 0 Å². The first kappa shape index (κ1) is 11.9. The van der Waals surface area contributed by atoms with Gasteiger partial charge in [0.25, 0.3) is 0 Å². The minimum Gasteiger partial charge on any atom is -0.319 e. The number of hydrogen-bond acceptors (Lipinski definition) is 2. The van der Waals surface area contributed by atoms with Crippen LogP contribution in [0.4, 0.5) is 0 Å². The third-order valence-corrected chi connectivity index (χ3v) is 4.32. The molecule has 1 atom stereocenters. The van der Waals surface area contributed by atoms with Crippen LogP contribution in [0.25, 0.3) is 0 Å². The summed E-state index contributed by atoms with van der Waals surface area (Å²) in [4.78, 5) is 0. The van der Waals surface area contributed by atoms with Gasteiger partial charge in [-0.15, -0.1) is 0 Å². The van der Waals surface area contributed by atoms with Crippen LogP contribution >= 0.6 is 15.9 Å².